The molecule has 0 spiro atoms. The van der Waals surface area contributed by atoms with Crippen molar-refractivity contribution < 1.29 is 36.2 Å². The van der Waals surface area contributed by atoms with Crippen molar-refractivity contribution in [3.05, 3.63) is 101 Å². The first-order valence-electron chi connectivity index (χ1n) is 14.2. The number of aromatic nitrogens is 1. The third-order valence-corrected chi connectivity index (χ3v) is 8.96. The number of unbranched alkanes of at least 4 members (excludes halogenated alkanes) is 1. The van der Waals surface area contributed by atoms with Gasteiger partial charge in [-0.2, -0.15) is 21.6 Å². The number of ether oxygens (including phenoxy) is 1. The summed E-state index contributed by atoms with van der Waals surface area (Å²) in [5.41, 5.74) is 0.0418. The van der Waals surface area contributed by atoms with Gasteiger partial charge in [0.15, 0.2) is 5.03 Å². The Morgan fingerprint density at radius 1 is 1.05 bits per heavy atom. The lowest BCUT2D eigenvalue weighted by atomic mass is 9.79. The van der Waals surface area contributed by atoms with E-state index in [1.54, 1.807) is 12.1 Å². The first-order valence-corrected chi connectivity index (χ1v) is 15.7. The minimum absolute atomic E-state index is 0.0350. The van der Waals surface area contributed by atoms with Crippen LogP contribution in [0.4, 0.5) is 18.9 Å². The van der Waals surface area contributed by atoms with Crippen LogP contribution in [0, 0.1) is 0 Å². The first kappa shape index (κ1) is 32.1. The number of nitrogens with one attached hydrogen (secondary N) is 1. The lowest BCUT2D eigenvalue weighted by molar-refractivity contribution is -0.161. The Hall–Kier alpha value is -3.86. The smallest absolute Gasteiger partial charge is 0.417 e. The summed E-state index contributed by atoms with van der Waals surface area (Å²) in [5, 5.41) is 10.7. The molecule has 1 aliphatic heterocycles. The number of cyclic esters (lactones) is 1. The van der Waals surface area contributed by atoms with Crippen LogP contribution in [0.3, 0.4) is 0 Å². The van der Waals surface area contributed by atoms with E-state index in [1.165, 1.54) is 12.1 Å². The molecule has 0 aliphatic carbocycles. The van der Waals surface area contributed by atoms with E-state index in [4.69, 9.17) is 4.74 Å². The Kier molecular flexibility index (Phi) is 9.84. The zero-order chi connectivity index (χ0) is 31.3. The number of hydrogen-bond acceptors (Lipinski definition) is 6. The monoisotopic (exact) mass is 616 g/mol. The molecule has 1 aromatic heterocycles. The zero-order valence-corrected chi connectivity index (χ0v) is 24.8. The maximum atomic E-state index is 13.5. The van der Waals surface area contributed by atoms with Gasteiger partial charge >= 0.3 is 12.1 Å². The Morgan fingerprint density at radius 2 is 1.79 bits per heavy atom. The number of carbonyl (C=O) groups excluding carboxylic acids is 1. The van der Waals surface area contributed by atoms with Crippen molar-refractivity contribution in [2.24, 2.45) is 0 Å². The maximum absolute atomic E-state index is 13.5. The molecule has 0 amide bonds. The molecule has 1 aliphatic rings. The van der Waals surface area contributed by atoms with Crippen molar-refractivity contribution in [3.63, 3.8) is 0 Å². The third-order valence-electron chi connectivity index (χ3n) is 7.66. The molecule has 230 valence electrons. The average Bonchev–Trinajstić information content (AvgIpc) is 2.97. The van der Waals surface area contributed by atoms with Gasteiger partial charge in [-0.1, -0.05) is 62.7 Å². The van der Waals surface area contributed by atoms with Gasteiger partial charge in [-0.25, -0.2) is 9.78 Å². The molecular formula is C32H35F3N2O5S. The molecule has 3 aromatic rings. The molecule has 7 nitrogen and oxygen atoms in total. The minimum Gasteiger partial charge on any atom is -0.512 e. The summed E-state index contributed by atoms with van der Waals surface area (Å²) in [6.07, 6.45) is 0.0144. The standard InChI is InChI=1S/C32H35F3N2O5S/c1-3-5-17-31(18-16-22-10-7-6-8-11-22)20-27(38)29(30(39)42-31)26(4-2)23-12-9-13-25(19-23)37-43(40,41)28-15-14-24(21-36-28)32(33,34)35/h6-15,19,21,26,37-38H,3-5,16-18,20H2,1-2H3. The van der Waals surface area contributed by atoms with Crippen LogP contribution in [0.15, 0.2) is 89.3 Å². The van der Waals surface area contributed by atoms with Crippen molar-refractivity contribution in [2.45, 2.75) is 81.5 Å². The van der Waals surface area contributed by atoms with Crippen molar-refractivity contribution in [1.82, 2.24) is 4.98 Å². The fourth-order valence-corrected chi connectivity index (χ4v) is 6.39. The zero-order valence-electron chi connectivity index (χ0n) is 24.0. The number of halogens is 3. The van der Waals surface area contributed by atoms with Crippen LogP contribution in [0.5, 0.6) is 0 Å². The summed E-state index contributed by atoms with van der Waals surface area (Å²) < 4.78 is 72.8. The molecule has 2 unspecified atom stereocenters. The van der Waals surface area contributed by atoms with Gasteiger partial charge in [-0.05, 0) is 67.5 Å². The van der Waals surface area contributed by atoms with Crippen molar-refractivity contribution in [1.29, 1.82) is 0 Å². The van der Waals surface area contributed by atoms with Gasteiger partial charge in [-0.3, -0.25) is 4.72 Å². The summed E-state index contributed by atoms with van der Waals surface area (Å²) in [6.45, 7) is 3.90. The van der Waals surface area contributed by atoms with Crippen molar-refractivity contribution in [3.8, 4) is 0 Å². The first-order chi connectivity index (χ1) is 20.4. The largest absolute Gasteiger partial charge is 0.512 e. The topological polar surface area (TPSA) is 106 Å². The second-order valence-corrected chi connectivity index (χ2v) is 12.4. The number of carbonyl (C=O) groups is 1. The van der Waals surface area contributed by atoms with Gasteiger partial charge < -0.3 is 9.84 Å². The number of hydrogen-bond donors (Lipinski definition) is 2. The third kappa shape index (κ3) is 7.76. The van der Waals surface area contributed by atoms with Crippen molar-refractivity contribution >= 4 is 21.7 Å². The Labute approximate surface area is 249 Å². The maximum Gasteiger partial charge on any atom is 0.417 e. The summed E-state index contributed by atoms with van der Waals surface area (Å²) in [6, 6.07) is 17.6. The van der Waals surface area contributed by atoms with E-state index in [2.05, 4.69) is 16.6 Å². The number of benzene rings is 2. The number of aliphatic hydroxyl groups is 1. The highest BCUT2D eigenvalue weighted by molar-refractivity contribution is 7.92. The van der Waals surface area contributed by atoms with Gasteiger partial charge in [0, 0.05) is 24.2 Å². The average molecular weight is 617 g/mol. The van der Waals surface area contributed by atoms with E-state index in [-0.39, 0.29) is 23.4 Å². The van der Waals surface area contributed by atoms with E-state index in [1.807, 2.05) is 37.3 Å². The minimum atomic E-state index is -4.65. The number of aryl methyl sites for hydroxylation is 1. The highest BCUT2D eigenvalue weighted by Gasteiger charge is 2.43. The van der Waals surface area contributed by atoms with Gasteiger partial charge in [-0.15, -0.1) is 0 Å². The number of pyridine rings is 1. The van der Waals surface area contributed by atoms with E-state index in [0.717, 1.165) is 24.5 Å². The summed E-state index contributed by atoms with van der Waals surface area (Å²) >= 11 is 0. The van der Waals surface area contributed by atoms with Crippen LogP contribution in [0.2, 0.25) is 0 Å². The number of sulfonamides is 1. The molecule has 4 rings (SSSR count). The molecule has 43 heavy (non-hydrogen) atoms. The lowest BCUT2D eigenvalue weighted by Crippen LogP contribution is -2.41. The van der Waals surface area contributed by atoms with Crippen LogP contribution in [-0.2, 0) is 32.2 Å². The second kappa shape index (κ2) is 13.2. The quantitative estimate of drug-likeness (QED) is 0.202. The molecule has 0 saturated carbocycles. The fraction of sp³-hybridized carbons (Fsp3) is 0.375. The Bertz CT molecular complexity index is 1560. The normalized spacial score (nSPS) is 18.3. The van der Waals surface area contributed by atoms with Crippen molar-refractivity contribution in [2.75, 3.05) is 4.72 Å². The fourth-order valence-electron chi connectivity index (χ4n) is 5.41. The van der Waals surface area contributed by atoms with Gasteiger partial charge in [0.25, 0.3) is 10.0 Å². The van der Waals surface area contributed by atoms with E-state index in [9.17, 15) is 31.5 Å². The van der Waals surface area contributed by atoms with Crippen LogP contribution >= 0.6 is 0 Å². The predicted molar refractivity (Wildman–Crippen MR) is 157 cm³/mol. The number of nitrogens with zero attached hydrogens (tertiary/aromatic N) is 1. The van der Waals surface area contributed by atoms with Gasteiger partial charge in [0.1, 0.15) is 11.4 Å². The van der Waals surface area contributed by atoms with Crippen LogP contribution in [0.1, 0.15) is 75.0 Å². The van der Waals surface area contributed by atoms with Crippen LogP contribution < -0.4 is 4.72 Å². The van der Waals surface area contributed by atoms with E-state index in [0.29, 0.717) is 43.5 Å². The second-order valence-electron chi connectivity index (χ2n) is 10.8. The molecule has 11 heteroatoms. The molecule has 2 heterocycles. The summed E-state index contributed by atoms with van der Waals surface area (Å²) in [4.78, 5) is 17.0. The molecule has 2 atom stereocenters. The number of rotatable bonds is 12. The number of esters is 1. The number of alkyl halides is 3. The molecule has 2 N–H and O–H groups in total. The molecule has 2 aromatic carbocycles. The molecule has 0 bridgehead atoms. The van der Waals surface area contributed by atoms with Gasteiger partial charge in [0.05, 0.1) is 11.1 Å². The Balaban J connectivity index is 1.57. The molecule has 0 radical (unpaired) electrons. The molecular weight excluding hydrogens is 581 g/mol. The molecule has 0 saturated heterocycles. The van der Waals surface area contributed by atoms with Gasteiger partial charge in [0.2, 0.25) is 0 Å². The predicted octanol–water partition coefficient (Wildman–Crippen LogP) is 7.72. The lowest BCUT2D eigenvalue weighted by Gasteiger charge is -2.39. The summed E-state index contributed by atoms with van der Waals surface area (Å²) in [5.74, 6) is -1.22. The SMILES string of the molecule is CCCCC1(CCc2ccccc2)CC(O)=C(C(CC)c2cccc(NS(=O)(=O)c3ccc(C(F)(F)F)cn3)c2)C(=O)O1. The number of anilines is 1. The van der Waals surface area contributed by atoms with Crippen LogP contribution in [-0.4, -0.2) is 30.1 Å². The Morgan fingerprint density at radius 3 is 2.40 bits per heavy atom. The highest BCUT2D eigenvalue weighted by Crippen LogP contribution is 2.42. The number of aliphatic hydroxyl groups excluding tert-OH is 1. The highest BCUT2D eigenvalue weighted by atomic mass is 32.2. The summed E-state index contributed by atoms with van der Waals surface area (Å²) in [7, 11) is -4.31. The van der Waals surface area contributed by atoms with E-state index < -0.39 is 44.3 Å². The molecule has 0 fully saturated rings. The van der Waals surface area contributed by atoms with E-state index >= 15 is 0 Å². The van der Waals surface area contributed by atoms with Crippen LogP contribution in [0.25, 0.3) is 0 Å².